The first-order valence-electron chi connectivity index (χ1n) is 42.7. The molecule has 0 aliphatic rings. The summed E-state index contributed by atoms with van der Waals surface area (Å²) in [5.41, 5.74) is 0. The maximum Gasteiger partial charge on any atom is 0.472 e. The molecule has 0 radical (unpaired) electrons. The maximum absolute atomic E-state index is 13.1. The summed E-state index contributed by atoms with van der Waals surface area (Å²) >= 11 is 0. The van der Waals surface area contributed by atoms with Crippen molar-refractivity contribution in [2.75, 3.05) is 39.6 Å². The molecule has 0 aromatic rings. The van der Waals surface area contributed by atoms with Crippen LogP contribution in [0.5, 0.6) is 0 Å². The molecule has 0 bridgehead atoms. The van der Waals surface area contributed by atoms with Gasteiger partial charge in [0.05, 0.1) is 26.4 Å². The molecule has 0 aliphatic heterocycles. The molecule has 0 aromatic carbocycles. The van der Waals surface area contributed by atoms with E-state index >= 15 is 0 Å². The number of ether oxygens (including phenoxy) is 4. The molecular weight excluding hydrogens is 1330 g/mol. The molecule has 0 amide bonds. The predicted octanol–water partition coefficient (Wildman–Crippen LogP) is 24.8. The van der Waals surface area contributed by atoms with Gasteiger partial charge in [-0.2, -0.15) is 0 Å². The summed E-state index contributed by atoms with van der Waals surface area (Å²) in [5.74, 6) is 1.00. The lowest BCUT2D eigenvalue weighted by atomic mass is 9.99. The highest BCUT2D eigenvalue weighted by Crippen LogP contribution is 2.45. The van der Waals surface area contributed by atoms with E-state index in [1.54, 1.807) is 0 Å². The van der Waals surface area contributed by atoms with Gasteiger partial charge in [0.1, 0.15) is 19.3 Å². The summed E-state index contributed by atoms with van der Waals surface area (Å²) < 4.78 is 68.7. The molecule has 6 atom stereocenters. The highest BCUT2D eigenvalue weighted by molar-refractivity contribution is 7.47. The Hall–Kier alpha value is -1.94. The Morgan fingerprint density at radius 3 is 0.696 bits per heavy atom. The Morgan fingerprint density at radius 1 is 0.275 bits per heavy atom. The molecule has 3 N–H and O–H groups in total. The molecule has 0 heterocycles. The van der Waals surface area contributed by atoms with Crippen molar-refractivity contribution in [3.63, 3.8) is 0 Å². The standard InChI is InChI=1S/C83H162O17P2/c1-9-76(8)62-54-46-37-31-25-18-14-12-10-11-13-15-19-27-33-39-49-57-65-83(88)100-79(70-94-81(86)64-56-48-42-41-45-53-61-75(6)7)72-98-102(91,92)96-68-77(84)67-95-101(89,90)97-71-78(69-93-80(85)63-55-47-38-32-26-22-21-24-30-36-44-52-60-74(4)5)99-82(87)66-58-50-40-34-28-20-16-17-23-29-35-43-51-59-73(2)3/h73-79,84H,9-72H2,1-8H3,(H,89,90)(H,91,92)/t76?,77-,78-,79-/m1/s1. The average molecular weight is 1490 g/mol. The summed E-state index contributed by atoms with van der Waals surface area (Å²) in [6.45, 7) is 14.3. The van der Waals surface area contributed by atoms with E-state index in [1.165, 1.54) is 225 Å². The van der Waals surface area contributed by atoms with Gasteiger partial charge in [0, 0.05) is 25.7 Å². The Bertz CT molecular complexity index is 1990. The lowest BCUT2D eigenvalue weighted by Crippen LogP contribution is -2.30. The fraction of sp³-hybridized carbons (Fsp3) is 0.952. The maximum atomic E-state index is 13.1. The third-order valence-corrected chi connectivity index (χ3v) is 21.6. The van der Waals surface area contributed by atoms with Gasteiger partial charge in [0.15, 0.2) is 12.2 Å². The van der Waals surface area contributed by atoms with Gasteiger partial charge in [0.2, 0.25) is 0 Å². The van der Waals surface area contributed by atoms with Crippen LogP contribution in [0.2, 0.25) is 0 Å². The first kappa shape index (κ1) is 100. The number of hydrogen-bond donors (Lipinski definition) is 3. The second-order valence-electron chi connectivity index (χ2n) is 31.5. The quantitative estimate of drug-likeness (QED) is 0.0222. The van der Waals surface area contributed by atoms with Crippen LogP contribution in [0.15, 0.2) is 0 Å². The van der Waals surface area contributed by atoms with Crippen molar-refractivity contribution in [2.24, 2.45) is 23.7 Å². The van der Waals surface area contributed by atoms with Gasteiger partial charge in [-0.05, 0) is 49.4 Å². The summed E-state index contributed by atoms with van der Waals surface area (Å²) in [6, 6.07) is 0. The molecule has 0 spiro atoms. The van der Waals surface area contributed by atoms with Gasteiger partial charge in [-0.25, -0.2) is 9.13 Å². The van der Waals surface area contributed by atoms with E-state index < -0.39 is 97.5 Å². The molecular formula is C83H162O17P2. The number of aliphatic hydroxyl groups is 1. The highest BCUT2D eigenvalue weighted by atomic mass is 31.2. The van der Waals surface area contributed by atoms with Crippen molar-refractivity contribution in [3.05, 3.63) is 0 Å². The fourth-order valence-corrected chi connectivity index (χ4v) is 14.3. The first-order valence-corrected chi connectivity index (χ1v) is 45.7. The molecule has 17 nitrogen and oxygen atoms in total. The van der Waals surface area contributed by atoms with Crippen molar-refractivity contribution in [1.29, 1.82) is 0 Å². The zero-order chi connectivity index (χ0) is 75.3. The van der Waals surface area contributed by atoms with E-state index in [9.17, 15) is 43.2 Å². The second-order valence-corrected chi connectivity index (χ2v) is 34.4. The SMILES string of the molecule is CCC(C)CCCCCCCCCCCCCCCCCCCCC(=O)O[C@H](COC(=O)CCCCCCCCC(C)C)COP(=O)(O)OC[C@H](O)COP(=O)(O)OC[C@@H](COC(=O)CCCCCCCCCCCCCCC(C)C)OC(=O)CCCCCCCCCCCCCCCC(C)C. The van der Waals surface area contributed by atoms with Gasteiger partial charge < -0.3 is 33.8 Å². The molecule has 19 heteroatoms. The monoisotopic (exact) mass is 1490 g/mol. The molecule has 3 unspecified atom stereocenters. The van der Waals surface area contributed by atoms with E-state index in [1.807, 2.05) is 0 Å². The lowest BCUT2D eigenvalue weighted by molar-refractivity contribution is -0.161. The van der Waals surface area contributed by atoms with Crippen LogP contribution < -0.4 is 0 Å². The minimum Gasteiger partial charge on any atom is -0.462 e. The molecule has 606 valence electrons. The molecule has 0 rings (SSSR count). The van der Waals surface area contributed by atoms with Gasteiger partial charge >= 0.3 is 39.5 Å². The van der Waals surface area contributed by atoms with Crippen LogP contribution >= 0.6 is 15.6 Å². The molecule has 0 aromatic heterocycles. The van der Waals surface area contributed by atoms with Crippen molar-refractivity contribution in [1.82, 2.24) is 0 Å². The van der Waals surface area contributed by atoms with Crippen LogP contribution in [0.25, 0.3) is 0 Å². The van der Waals surface area contributed by atoms with Gasteiger partial charge in [-0.1, -0.05) is 376 Å². The molecule has 102 heavy (non-hydrogen) atoms. The fourth-order valence-electron chi connectivity index (χ4n) is 12.8. The lowest BCUT2D eigenvalue weighted by Gasteiger charge is -2.21. The number of unbranched alkanes of at least 4 members (excludes halogenated alkanes) is 45. The van der Waals surface area contributed by atoms with Crippen LogP contribution in [0.1, 0.15) is 428 Å². The van der Waals surface area contributed by atoms with Gasteiger partial charge in [-0.3, -0.25) is 37.3 Å². The Morgan fingerprint density at radius 2 is 0.471 bits per heavy atom. The summed E-state index contributed by atoms with van der Waals surface area (Å²) in [7, 11) is -9.92. The minimum atomic E-state index is -4.96. The number of phosphoric acid groups is 2. The number of hydrogen-bond acceptors (Lipinski definition) is 15. The Balaban J connectivity index is 5.18. The summed E-state index contributed by atoms with van der Waals surface area (Å²) in [6.07, 6.45) is 59.8. The predicted molar refractivity (Wildman–Crippen MR) is 418 cm³/mol. The van der Waals surface area contributed by atoms with Crippen molar-refractivity contribution in [2.45, 2.75) is 446 Å². The smallest absolute Gasteiger partial charge is 0.462 e. The first-order chi connectivity index (χ1) is 49.1. The van der Waals surface area contributed by atoms with Crippen molar-refractivity contribution < 1.29 is 80.2 Å². The van der Waals surface area contributed by atoms with Crippen LogP contribution in [0, 0.1) is 23.7 Å². The zero-order valence-electron chi connectivity index (χ0n) is 67.2. The molecule has 0 aliphatic carbocycles. The van der Waals surface area contributed by atoms with E-state index in [0.717, 1.165) is 114 Å². The topological polar surface area (TPSA) is 237 Å². The molecule has 0 fully saturated rings. The van der Waals surface area contributed by atoms with Gasteiger partial charge in [0.25, 0.3) is 0 Å². The number of rotatable bonds is 80. The second kappa shape index (κ2) is 72.0. The Labute approximate surface area is 626 Å². The number of carbonyl (C=O) groups excluding carboxylic acids is 4. The minimum absolute atomic E-state index is 0.107. The average Bonchev–Trinajstić information content (AvgIpc) is 0.920. The number of phosphoric ester groups is 2. The molecule has 0 saturated carbocycles. The number of esters is 4. The van der Waals surface area contributed by atoms with E-state index in [-0.39, 0.29) is 25.7 Å². The van der Waals surface area contributed by atoms with E-state index in [2.05, 4.69) is 55.4 Å². The highest BCUT2D eigenvalue weighted by Gasteiger charge is 2.30. The third kappa shape index (κ3) is 74.9. The summed E-state index contributed by atoms with van der Waals surface area (Å²) in [4.78, 5) is 73.0. The van der Waals surface area contributed by atoms with E-state index in [0.29, 0.717) is 31.6 Å². The number of aliphatic hydroxyl groups excluding tert-OH is 1. The van der Waals surface area contributed by atoms with E-state index in [4.69, 9.17) is 37.0 Å². The van der Waals surface area contributed by atoms with Crippen LogP contribution in [-0.2, 0) is 65.4 Å². The Kier molecular flexibility index (Phi) is 70.6. The van der Waals surface area contributed by atoms with Crippen LogP contribution in [0.3, 0.4) is 0 Å². The third-order valence-electron chi connectivity index (χ3n) is 19.7. The molecule has 0 saturated heterocycles. The van der Waals surface area contributed by atoms with Crippen molar-refractivity contribution in [3.8, 4) is 0 Å². The largest absolute Gasteiger partial charge is 0.472 e. The van der Waals surface area contributed by atoms with Crippen LogP contribution in [0.4, 0.5) is 0 Å². The zero-order valence-corrected chi connectivity index (χ0v) is 69.0. The summed E-state index contributed by atoms with van der Waals surface area (Å²) in [5, 5.41) is 10.6. The number of carbonyl (C=O) groups is 4. The normalized spacial score (nSPS) is 14.3. The van der Waals surface area contributed by atoms with Gasteiger partial charge in [-0.15, -0.1) is 0 Å². The van der Waals surface area contributed by atoms with Crippen LogP contribution in [-0.4, -0.2) is 96.7 Å². The van der Waals surface area contributed by atoms with Crippen molar-refractivity contribution >= 4 is 39.5 Å².